The van der Waals surface area contributed by atoms with Gasteiger partial charge in [0.05, 0.1) is 18.8 Å². The van der Waals surface area contributed by atoms with Gasteiger partial charge in [0, 0.05) is 13.1 Å². The molecule has 0 radical (unpaired) electrons. The second kappa shape index (κ2) is 14.6. The van der Waals surface area contributed by atoms with Gasteiger partial charge in [-0.2, -0.15) is 11.8 Å². The molecule has 2 N–H and O–H groups in total. The van der Waals surface area contributed by atoms with E-state index in [1.54, 1.807) is 6.26 Å². The van der Waals surface area contributed by atoms with Gasteiger partial charge >= 0.3 is 0 Å². The van der Waals surface area contributed by atoms with Gasteiger partial charge in [-0.05, 0) is 69.8 Å². The van der Waals surface area contributed by atoms with Crippen molar-refractivity contribution in [3.63, 3.8) is 0 Å². The largest absolute Gasteiger partial charge is 0.468 e. The topological polar surface area (TPSA) is 52.8 Å². The number of hydrogen-bond donors (Lipinski definition) is 2. The molecule has 0 amide bonds. The summed E-state index contributed by atoms with van der Waals surface area (Å²) in [6.07, 6.45) is 10.2. The van der Waals surface area contributed by atoms with Crippen molar-refractivity contribution in [3.8, 4) is 0 Å². The lowest BCUT2D eigenvalue weighted by Gasteiger charge is -2.32. The van der Waals surface area contributed by atoms with Crippen LogP contribution in [0, 0.1) is 0 Å². The molecule has 1 saturated heterocycles. The minimum Gasteiger partial charge on any atom is -0.468 e. The number of piperidine rings is 1. The smallest absolute Gasteiger partial charge is 0.191 e. The standard InChI is InChI=1S/C19H34N4OS.HI/c1-3-20-19(21-11-5-8-15-25-2)22-16-17(18-10-9-14-24-18)23-12-6-4-7-13-23;/h9-10,14,17H,3-8,11-13,15-16H2,1-2H3,(H2,20,21,22);1H. The first-order chi connectivity index (χ1) is 12.3. The molecule has 0 spiro atoms. The number of thioether (sulfide) groups is 1. The molecule has 0 aromatic carbocycles. The first-order valence-corrected chi connectivity index (χ1v) is 11.0. The molecule has 1 aliphatic heterocycles. The quantitative estimate of drug-likeness (QED) is 0.222. The first-order valence-electron chi connectivity index (χ1n) is 9.63. The zero-order valence-electron chi connectivity index (χ0n) is 16.2. The van der Waals surface area contributed by atoms with Crippen molar-refractivity contribution in [2.75, 3.05) is 44.7 Å². The summed E-state index contributed by atoms with van der Waals surface area (Å²) in [7, 11) is 0. The summed E-state index contributed by atoms with van der Waals surface area (Å²) in [4.78, 5) is 7.37. The van der Waals surface area contributed by atoms with Gasteiger partial charge in [0.1, 0.15) is 5.76 Å². The van der Waals surface area contributed by atoms with Gasteiger partial charge in [0.2, 0.25) is 0 Å². The fourth-order valence-electron chi connectivity index (χ4n) is 3.19. The average Bonchev–Trinajstić information content (AvgIpc) is 3.17. The molecule has 26 heavy (non-hydrogen) atoms. The van der Waals surface area contributed by atoms with E-state index in [1.165, 1.54) is 37.9 Å². The minimum atomic E-state index is 0. The Kier molecular flexibility index (Phi) is 13.3. The molecule has 150 valence electrons. The summed E-state index contributed by atoms with van der Waals surface area (Å²) in [6, 6.07) is 4.30. The third-order valence-corrected chi connectivity index (χ3v) is 5.23. The van der Waals surface area contributed by atoms with Crippen molar-refractivity contribution in [2.24, 2.45) is 4.99 Å². The SMILES string of the molecule is CCNC(=NCC(c1ccco1)N1CCCCC1)NCCCCSC.I. The van der Waals surface area contributed by atoms with E-state index in [9.17, 15) is 0 Å². The number of halogens is 1. The highest BCUT2D eigenvalue weighted by molar-refractivity contribution is 14.0. The predicted octanol–water partition coefficient (Wildman–Crippen LogP) is 4.12. The lowest BCUT2D eigenvalue weighted by molar-refractivity contribution is 0.150. The van der Waals surface area contributed by atoms with Crippen LogP contribution in [0.3, 0.4) is 0 Å². The van der Waals surface area contributed by atoms with Crippen molar-refractivity contribution in [3.05, 3.63) is 24.2 Å². The van der Waals surface area contributed by atoms with Gasteiger partial charge in [-0.1, -0.05) is 6.42 Å². The van der Waals surface area contributed by atoms with E-state index < -0.39 is 0 Å². The van der Waals surface area contributed by atoms with Crippen LogP contribution in [0.15, 0.2) is 27.8 Å². The Balaban J connectivity index is 0.00000338. The van der Waals surface area contributed by atoms with Crippen LogP contribution in [0.25, 0.3) is 0 Å². The highest BCUT2D eigenvalue weighted by atomic mass is 127. The predicted molar refractivity (Wildman–Crippen MR) is 124 cm³/mol. The molecule has 1 atom stereocenters. The van der Waals surface area contributed by atoms with Crippen LogP contribution < -0.4 is 10.6 Å². The molecular weight excluding hydrogens is 459 g/mol. The molecule has 0 aliphatic carbocycles. The van der Waals surface area contributed by atoms with Crippen LogP contribution in [0.2, 0.25) is 0 Å². The zero-order valence-corrected chi connectivity index (χ0v) is 19.4. The molecule has 7 heteroatoms. The van der Waals surface area contributed by atoms with Gasteiger partial charge < -0.3 is 15.1 Å². The lowest BCUT2D eigenvalue weighted by Crippen LogP contribution is -2.39. The summed E-state index contributed by atoms with van der Waals surface area (Å²) in [6.45, 7) is 6.97. The number of rotatable bonds is 10. The Labute approximate surface area is 180 Å². The number of nitrogens with one attached hydrogen (secondary N) is 2. The maximum atomic E-state index is 5.71. The number of nitrogens with zero attached hydrogens (tertiary/aromatic N) is 2. The van der Waals surface area contributed by atoms with Gasteiger partial charge in [-0.3, -0.25) is 9.89 Å². The number of furan rings is 1. The summed E-state index contributed by atoms with van der Waals surface area (Å²) < 4.78 is 5.71. The van der Waals surface area contributed by atoms with Gasteiger partial charge in [0.15, 0.2) is 5.96 Å². The molecule has 2 heterocycles. The number of guanidine groups is 1. The van der Waals surface area contributed by atoms with Gasteiger partial charge in [-0.15, -0.1) is 24.0 Å². The van der Waals surface area contributed by atoms with Crippen molar-refractivity contribution in [2.45, 2.75) is 45.1 Å². The van der Waals surface area contributed by atoms with Crippen LogP contribution in [0.5, 0.6) is 0 Å². The average molecular weight is 494 g/mol. The molecule has 1 unspecified atom stereocenters. The third kappa shape index (κ3) is 8.52. The molecule has 1 aromatic heterocycles. The van der Waals surface area contributed by atoms with Gasteiger partial charge in [-0.25, -0.2) is 0 Å². The molecule has 5 nitrogen and oxygen atoms in total. The van der Waals surface area contributed by atoms with Crippen molar-refractivity contribution < 1.29 is 4.42 Å². The second-order valence-electron chi connectivity index (χ2n) is 6.47. The zero-order chi connectivity index (χ0) is 17.7. The summed E-state index contributed by atoms with van der Waals surface area (Å²) in [5, 5.41) is 6.83. The number of unbranched alkanes of at least 4 members (excludes halogenated alkanes) is 1. The van der Waals surface area contributed by atoms with Crippen molar-refractivity contribution in [1.29, 1.82) is 0 Å². The minimum absolute atomic E-state index is 0. The lowest BCUT2D eigenvalue weighted by atomic mass is 10.1. The van der Waals surface area contributed by atoms with E-state index >= 15 is 0 Å². The molecule has 1 fully saturated rings. The fourth-order valence-corrected chi connectivity index (χ4v) is 3.69. The van der Waals surface area contributed by atoms with Crippen molar-refractivity contribution in [1.82, 2.24) is 15.5 Å². The fraction of sp³-hybridized carbons (Fsp3) is 0.737. The van der Waals surface area contributed by atoms with E-state index in [-0.39, 0.29) is 30.0 Å². The summed E-state index contributed by atoms with van der Waals surface area (Å²) in [5.74, 6) is 3.17. The Morgan fingerprint density at radius 3 is 2.73 bits per heavy atom. The normalized spacial score (nSPS) is 16.8. The Morgan fingerprint density at radius 1 is 1.27 bits per heavy atom. The molecule has 0 saturated carbocycles. The van der Waals surface area contributed by atoms with E-state index in [1.807, 2.05) is 17.8 Å². The first kappa shape index (κ1) is 23.6. The molecule has 1 aromatic rings. The summed E-state index contributed by atoms with van der Waals surface area (Å²) in [5.41, 5.74) is 0. The van der Waals surface area contributed by atoms with E-state index in [0.29, 0.717) is 0 Å². The molecule has 0 bridgehead atoms. The van der Waals surface area contributed by atoms with E-state index in [4.69, 9.17) is 9.41 Å². The number of likely N-dealkylation sites (tertiary alicyclic amines) is 1. The highest BCUT2D eigenvalue weighted by Gasteiger charge is 2.24. The number of hydrogen-bond acceptors (Lipinski definition) is 4. The van der Waals surface area contributed by atoms with E-state index in [2.05, 4.69) is 34.8 Å². The van der Waals surface area contributed by atoms with Crippen LogP contribution in [-0.2, 0) is 0 Å². The monoisotopic (exact) mass is 494 g/mol. The van der Waals surface area contributed by atoms with Gasteiger partial charge in [0.25, 0.3) is 0 Å². The van der Waals surface area contributed by atoms with Crippen LogP contribution in [0.1, 0.15) is 50.8 Å². The molecular formula is C19H35IN4OS. The number of aliphatic imine (C=N–C) groups is 1. The molecule has 1 aliphatic rings. The van der Waals surface area contributed by atoms with Crippen LogP contribution >= 0.6 is 35.7 Å². The van der Waals surface area contributed by atoms with Crippen LogP contribution in [0.4, 0.5) is 0 Å². The third-order valence-electron chi connectivity index (χ3n) is 4.54. The Bertz CT molecular complexity index is 478. The summed E-state index contributed by atoms with van der Waals surface area (Å²) >= 11 is 1.91. The Hall–Kier alpha value is -0.410. The highest BCUT2D eigenvalue weighted by Crippen LogP contribution is 2.25. The van der Waals surface area contributed by atoms with Crippen molar-refractivity contribution >= 4 is 41.7 Å². The van der Waals surface area contributed by atoms with Crippen LogP contribution in [-0.4, -0.2) is 55.6 Å². The maximum Gasteiger partial charge on any atom is 0.191 e. The Morgan fingerprint density at radius 2 is 2.08 bits per heavy atom. The van der Waals surface area contributed by atoms with E-state index in [0.717, 1.165) is 44.4 Å². The molecule has 2 rings (SSSR count). The second-order valence-corrected chi connectivity index (χ2v) is 7.46. The maximum absolute atomic E-state index is 5.71.